The van der Waals surface area contributed by atoms with Gasteiger partial charge in [0, 0.05) is 5.69 Å². The molecule has 1 aromatic rings. The van der Waals surface area contributed by atoms with E-state index in [2.05, 4.69) is 28.5 Å². The second-order valence-electron chi connectivity index (χ2n) is 6.14. The summed E-state index contributed by atoms with van der Waals surface area (Å²) in [6, 6.07) is 6.12. The maximum absolute atomic E-state index is 12.2. The fourth-order valence-corrected chi connectivity index (χ4v) is 2.98. The lowest BCUT2D eigenvalue weighted by Gasteiger charge is -2.31. The lowest BCUT2D eigenvalue weighted by atomic mass is 9.97. The van der Waals surface area contributed by atoms with Crippen molar-refractivity contribution in [2.45, 2.75) is 26.7 Å². The van der Waals surface area contributed by atoms with Gasteiger partial charge in [0.25, 0.3) is 0 Å². The quantitative estimate of drug-likeness (QED) is 0.874. The topological polar surface area (TPSA) is 44.4 Å². The first-order valence-electron chi connectivity index (χ1n) is 7.82. The minimum atomic E-state index is 0. The molecule has 1 heterocycles. The Labute approximate surface area is 140 Å². The molecule has 1 aromatic carbocycles. The van der Waals surface area contributed by atoms with Crippen LogP contribution in [-0.4, -0.2) is 44.0 Å². The maximum Gasteiger partial charge on any atom is 0.238 e. The van der Waals surface area contributed by atoms with E-state index >= 15 is 0 Å². The number of benzene rings is 1. The number of likely N-dealkylation sites (tertiary alicyclic amines) is 1. The van der Waals surface area contributed by atoms with Gasteiger partial charge < -0.3 is 10.6 Å². The van der Waals surface area contributed by atoms with Gasteiger partial charge in [-0.15, -0.1) is 12.4 Å². The van der Waals surface area contributed by atoms with Crippen molar-refractivity contribution in [3.63, 3.8) is 0 Å². The summed E-state index contributed by atoms with van der Waals surface area (Å²) in [4.78, 5) is 14.4. The molecule has 0 unspecified atom stereocenters. The molecule has 5 heteroatoms. The summed E-state index contributed by atoms with van der Waals surface area (Å²) in [5, 5.41) is 6.27. The summed E-state index contributed by atoms with van der Waals surface area (Å²) in [7, 11) is 2.00. The number of nitrogens with one attached hydrogen (secondary N) is 2. The Kier molecular flexibility index (Phi) is 7.87. The van der Waals surface area contributed by atoms with E-state index in [4.69, 9.17) is 0 Å². The fraction of sp³-hybridized carbons (Fsp3) is 0.588. The van der Waals surface area contributed by atoms with Gasteiger partial charge in [-0.25, -0.2) is 0 Å². The molecular weight excluding hydrogens is 298 g/mol. The molecule has 124 valence electrons. The number of hydrogen-bond acceptors (Lipinski definition) is 3. The minimum absolute atomic E-state index is 0. The molecular formula is C17H28ClN3O. The molecule has 0 bridgehead atoms. The van der Waals surface area contributed by atoms with Crippen LogP contribution in [0.1, 0.15) is 24.0 Å². The molecule has 0 radical (unpaired) electrons. The SMILES string of the molecule is CNCC1CCN(CC(=O)Nc2ccc(C)cc2C)CC1.Cl. The Morgan fingerprint density at radius 2 is 1.95 bits per heavy atom. The molecule has 4 nitrogen and oxygen atoms in total. The highest BCUT2D eigenvalue weighted by Gasteiger charge is 2.20. The zero-order valence-electron chi connectivity index (χ0n) is 13.8. The van der Waals surface area contributed by atoms with Gasteiger partial charge >= 0.3 is 0 Å². The molecule has 2 N–H and O–H groups in total. The summed E-state index contributed by atoms with van der Waals surface area (Å²) in [5.41, 5.74) is 3.27. The standard InChI is InChI=1S/C17H27N3O.ClH/c1-13-4-5-16(14(2)10-13)19-17(21)12-20-8-6-15(7-9-20)11-18-3;/h4-5,10,15,18H,6-9,11-12H2,1-3H3,(H,19,21);1H. The van der Waals surface area contributed by atoms with E-state index in [1.54, 1.807) is 0 Å². The van der Waals surface area contributed by atoms with E-state index in [1.165, 1.54) is 18.4 Å². The highest BCUT2D eigenvalue weighted by molar-refractivity contribution is 5.93. The highest BCUT2D eigenvalue weighted by atomic mass is 35.5. The van der Waals surface area contributed by atoms with Crippen LogP contribution in [0.4, 0.5) is 5.69 Å². The molecule has 0 aliphatic carbocycles. The third-order valence-corrected chi connectivity index (χ3v) is 4.22. The minimum Gasteiger partial charge on any atom is -0.325 e. The molecule has 0 atom stereocenters. The largest absolute Gasteiger partial charge is 0.325 e. The molecule has 1 aliphatic heterocycles. The predicted molar refractivity (Wildman–Crippen MR) is 94.9 cm³/mol. The van der Waals surface area contributed by atoms with E-state index < -0.39 is 0 Å². The number of rotatable bonds is 5. The van der Waals surface area contributed by atoms with E-state index in [0.717, 1.165) is 36.8 Å². The molecule has 0 aromatic heterocycles. The average molecular weight is 326 g/mol. The summed E-state index contributed by atoms with van der Waals surface area (Å²) >= 11 is 0. The van der Waals surface area contributed by atoms with Crippen molar-refractivity contribution >= 4 is 24.0 Å². The number of hydrogen-bond donors (Lipinski definition) is 2. The number of aryl methyl sites for hydroxylation is 2. The van der Waals surface area contributed by atoms with E-state index in [1.807, 2.05) is 26.1 Å². The van der Waals surface area contributed by atoms with Gasteiger partial charge in [0.05, 0.1) is 6.54 Å². The van der Waals surface area contributed by atoms with Crippen molar-refractivity contribution < 1.29 is 4.79 Å². The number of nitrogens with zero attached hydrogens (tertiary/aromatic N) is 1. The summed E-state index contributed by atoms with van der Waals surface area (Å²) in [6.45, 7) is 7.72. The first-order valence-corrected chi connectivity index (χ1v) is 7.82. The fourth-order valence-electron chi connectivity index (χ4n) is 2.98. The van der Waals surface area contributed by atoms with Crippen LogP contribution in [0.3, 0.4) is 0 Å². The van der Waals surface area contributed by atoms with Gasteiger partial charge in [-0.3, -0.25) is 9.69 Å². The van der Waals surface area contributed by atoms with Gasteiger partial charge in [0.1, 0.15) is 0 Å². The van der Waals surface area contributed by atoms with Crippen LogP contribution in [0.25, 0.3) is 0 Å². The van der Waals surface area contributed by atoms with E-state index in [9.17, 15) is 4.79 Å². The number of halogens is 1. The second-order valence-corrected chi connectivity index (χ2v) is 6.14. The summed E-state index contributed by atoms with van der Waals surface area (Å²) < 4.78 is 0. The Morgan fingerprint density at radius 1 is 1.27 bits per heavy atom. The van der Waals surface area contributed by atoms with Crippen LogP contribution in [0.5, 0.6) is 0 Å². The molecule has 0 spiro atoms. The molecule has 1 amide bonds. The molecule has 1 aliphatic rings. The monoisotopic (exact) mass is 325 g/mol. The van der Waals surface area contributed by atoms with Crippen LogP contribution in [0.15, 0.2) is 18.2 Å². The van der Waals surface area contributed by atoms with Crippen LogP contribution in [-0.2, 0) is 4.79 Å². The normalized spacial score (nSPS) is 16.1. The lowest BCUT2D eigenvalue weighted by Crippen LogP contribution is -2.40. The Balaban J connectivity index is 0.00000242. The van der Waals surface area contributed by atoms with Crippen LogP contribution < -0.4 is 10.6 Å². The lowest BCUT2D eigenvalue weighted by molar-refractivity contribution is -0.117. The smallest absolute Gasteiger partial charge is 0.238 e. The highest BCUT2D eigenvalue weighted by Crippen LogP contribution is 2.18. The number of carbonyl (C=O) groups is 1. The zero-order chi connectivity index (χ0) is 15.2. The summed E-state index contributed by atoms with van der Waals surface area (Å²) in [6.07, 6.45) is 2.36. The predicted octanol–water partition coefficient (Wildman–Crippen LogP) is 2.60. The van der Waals surface area contributed by atoms with E-state index in [-0.39, 0.29) is 18.3 Å². The van der Waals surface area contributed by atoms with Crippen molar-refractivity contribution in [2.75, 3.05) is 38.5 Å². The molecule has 2 rings (SSSR count). The maximum atomic E-state index is 12.2. The average Bonchev–Trinajstić information content (AvgIpc) is 2.44. The van der Waals surface area contributed by atoms with Gasteiger partial charge in [0.15, 0.2) is 0 Å². The third-order valence-electron chi connectivity index (χ3n) is 4.22. The van der Waals surface area contributed by atoms with Gasteiger partial charge in [-0.05, 0) is 70.9 Å². The van der Waals surface area contributed by atoms with Crippen LogP contribution >= 0.6 is 12.4 Å². The molecule has 1 fully saturated rings. The van der Waals surface area contributed by atoms with Crippen molar-refractivity contribution in [1.29, 1.82) is 0 Å². The molecule has 22 heavy (non-hydrogen) atoms. The first-order chi connectivity index (χ1) is 10.1. The third kappa shape index (κ3) is 5.59. The van der Waals surface area contributed by atoms with Crippen molar-refractivity contribution in [1.82, 2.24) is 10.2 Å². The van der Waals surface area contributed by atoms with Gasteiger partial charge in [-0.2, -0.15) is 0 Å². The summed E-state index contributed by atoms with van der Waals surface area (Å²) in [5.74, 6) is 0.850. The number of carbonyl (C=O) groups excluding carboxylic acids is 1. The van der Waals surface area contributed by atoms with Crippen molar-refractivity contribution in [3.05, 3.63) is 29.3 Å². The Bertz CT molecular complexity index is 485. The first kappa shape index (κ1) is 18.9. The number of anilines is 1. The Hall–Kier alpha value is -1.10. The van der Waals surface area contributed by atoms with Crippen molar-refractivity contribution in [3.8, 4) is 0 Å². The van der Waals surface area contributed by atoms with Crippen molar-refractivity contribution in [2.24, 2.45) is 5.92 Å². The Morgan fingerprint density at radius 3 is 2.55 bits per heavy atom. The van der Waals surface area contributed by atoms with Gasteiger partial charge in [-0.1, -0.05) is 17.7 Å². The second kappa shape index (κ2) is 9.13. The number of amides is 1. The van der Waals surface area contributed by atoms with Crippen LogP contribution in [0, 0.1) is 19.8 Å². The zero-order valence-corrected chi connectivity index (χ0v) is 14.6. The van der Waals surface area contributed by atoms with E-state index in [0.29, 0.717) is 6.54 Å². The molecule has 1 saturated heterocycles. The molecule has 0 saturated carbocycles. The van der Waals surface area contributed by atoms with Crippen LogP contribution in [0.2, 0.25) is 0 Å². The number of piperidine rings is 1. The van der Waals surface area contributed by atoms with Gasteiger partial charge in [0.2, 0.25) is 5.91 Å².